The van der Waals surface area contributed by atoms with Crippen molar-refractivity contribution in [3.05, 3.63) is 29.3 Å². The van der Waals surface area contributed by atoms with E-state index in [1.165, 1.54) is 12.0 Å². The fraction of sp³-hybridized carbons (Fsp3) is 0.333. The molecular weight excluding hydrogens is 220 g/mol. The maximum Gasteiger partial charge on any atom is 0.202 e. The van der Waals surface area contributed by atoms with Gasteiger partial charge < -0.3 is 3.87 Å². The van der Waals surface area contributed by atoms with Crippen molar-refractivity contribution in [2.24, 2.45) is 0 Å². The van der Waals surface area contributed by atoms with Crippen LogP contribution in [0.2, 0.25) is 24.7 Å². The van der Waals surface area contributed by atoms with Crippen LogP contribution >= 0.6 is 23.6 Å². The summed E-state index contributed by atoms with van der Waals surface area (Å²) in [6.07, 6.45) is 0. The minimum Gasteiger partial charge on any atom is -0.354 e. The Hall–Kier alpha value is 0.0369. The van der Waals surface area contributed by atoms with Crippen LogP contribution < -0.4 is 0 Å². The molecule has 0 fully saturated rings. The lowest BCUT2D eigenvalue weighted by Crippen LogP contribution is -2.21. The topological polar surface area (TPSA) is 9.23 Å². The molecule has 0 heterocycles. The lowest BCUT2D eigenvalue weighted by atomic mass is 10.4. The van der Waals surface area contributed by atoms with Gasteiger partial charge in [0.2, 0.25) is 8.32 Å². The van der Waals surface area contributed by atoms with Gasteiger partial charge in [-0.3, -0.25) is 0 Å². The van der Waals surface area contributed by atoms with Crippen molar-refractivity contribution in [3.8, 4) is 0 Å². The molecule has 0 aromatic heterocycles. The fourth-order valence-electron chi connectivity index (χ4n) is 0.692. The average molecular weight is 233 g/mol. The predicted octanol–water partition coefficient (Wildman–Crippen LogP) is 4.20. The Bertz CT molecular complexity index is 285. The maximum atomic E-state index is 5.84. The summed E-state index contributed by atoms with van der Waals surface area (Å²) in [6, 6.07) is 7.70. The van der Waals surface area contributed by atoms with Crippen LogP contribution in [0.15, 0.2) is 29.2 Å². The Balaban J connectivity index is 2.55. The van der Waals surface area contributed by atoms with Crippen LogP contribution in [0.1, 0.15) is 0 Å². The van der Waals surface area contributed by atoms with Gasteiger partial charge in [-0.15, -0.1) is 0 Å². The van der Waals surface area contributed by atoms with Crippen LogP contribution in [-0.4, -0.2) is 8.32 Å². The Morgan fingerprint density at radius 2 is 2.00 bits per heavy atom. The smallest absolute Gasteiger partial charge is 0.202 e. The molecular formula is C9H13ClOSSi. The van der Waals surface area contributed by atoms with Crippen molar-refractivity contribution in [2.75, 3.05) is 0 Å². The summed E-state index contributed by atoms with van der Waals surface area (Å²) in [5.74, 6) is 0. The molecule has 0 aliphatic carbocycles. The first kappa shape index (κ1) is 11.1. The van der Waals surface area contributed by atoms with E-state index < -0.39 is 8.32 Å². The van der Waals surface area contributed by atoms with Gasteiger partial charge in [0.25, 0.3) is 0 Å². The molecule has 0 saturated heterocycles. The molecule has 0 aliphatic heterocycles. The molecule has 0 N–H and O–H groups in total. The van der Waals surface area contributed by atoms with E-state index in [0.717, 1.165) is 9.92 Å². The van der Waals surface area contributed by atoms with Crippen LogP contribution in [0.3, 0.4) is 0 Å². The molecule has 0 amide bonds. The lowest BCUT2D eigenvalue weighted by Gasteiger charge is -2.15. The van der Waals surface area contributed by atoms with E-state index in [1.54, 1.807) is 0 Å². The van der Waals surface area contributed by atoms with Crippen molar-refractivity contribution >= 4 is 32.0 Å². The molecule has 0 saturated carbocycles. The van der Waals surface area contributed by atoms with Crippen LogP contribution in [0, 0.1) is 0 Å². The third-order valence-electron chi connectivity index (χ3n) is 1.18. The molecule has 0 bridgehead atoms. The van der Waals surface area contributed by atoms with Crippen LogP contribution in [0.4, 0.5) is 0 Å². The lowest BCUT2D eigenvalue weighted by molar-refractivity contribution is 0.651. The van der Waals surface area contributed by atoms with Gasteiger partial charge in [-0.05, 0) is 37.8 Å². The largest absolute Gasteiger partial charge is 0.354 e. The van der Waals surface area contributed by atoms with Gasteiger partial charge in [0, 0.05) is 22.0 Å². The third-order valence-corrected chi connectivity index (χ3v) is 4.20. The predicted molar refractivity (Wildman–Crippen MR) is 61.7 cm³/mol. The molecule has 1 rings (SSSR count). The van der Waals surface area contributed by atoms with Crippen molar-refractivity contribution < 1.29 is 3.87 Å². The Morgan fingerprint density at radius 3 is 2.54 bits per heavy atom. The van der Waals surface area contributed by atoms with Crippen molar-refractivity contribution in [2.45, 2.75) is 24.5 Å². The minimum absolute atomic E-state index is 0.754. The average Bonchev–Trinajstić information content (AvgIpc) is 2.00. The second-order valence-corrected chi connectivity index (χ2v) is 9.70. The molecule has 1 nitrogen and oxygen atoms in total. The SMILES string of the molecule is C[Si](C)(C)OSc1cccc(Cl)c1. The third kappa shape index (κ3) is 4.71. The normalized spacial score (nSPS) is 11.7. The van der Waals surface area contributed by atoms with Crippen LogP contribution in [-0.2, 0) is 3.87 Å². The minimum atomic E-state index is -1.44. The zero-order valence-electron chi connectivity index (χ0n) is 8.00. The summed E-state index contributed by atoms with van der Waals surface area (Å²) in [7, 11) is -1.44. The molecule has 0 unspecified atom stereocenters. The van der Waals surface area contributed by atoms with Gasteiger partial charge in [0.05, 0.1) is 0 Å². The summed E-state index contributed by atoms with van der Waals surface area (Å²) < 4.78 is 5.67. The van der Waals surface area contributed by atoms with E-state index >= 15 is 0 Å². The highest BCUT2D eigenvalue weighted by Crippen LogP contribution is 2.25. The van der Waals surface area contributed by atoms with E-state index in [2.05, 4.69) is 19.6 Å². The number of hydrogen-bond donors (Lipinski definition) is 0. The number of halogens is 1. The van der Waals surface area contributed by atoms with Crippen molar-refractivity contribution in [1.82, 2.24) is 0 Å². The number of hydrogen-bond acceptors (Lipinski definition) is 2. The second kappa shape index (κ2) is 4.51. The summed E-state index contributed by atoms with van der Waals surface area (Å²) in [6.45, 7) is 6.47. The van der Waals surface area contributed by atoms with E-state index in [1.807, 2.05) is 24.3 Å². The first-order valence-corrected chi connectivity index (χ1v) is 8.61. The Morgan fingerprint density at radius 1 is 1.31 bits per heavy atom. The van der Waals surface area contributed by atoms with Gasteiger partial charge in [-0.1, -0.05) is 17.7 Å². The van der Waals surface area contributed by atoms with Crippen LogP contribution in [0.25, 0.3) is 0 Å². The highest BCUT2D eigenvalue weighted by molar-refractivity contribution is 7.95. The summed E-state index contributed by atoms with van der Waals surface area (Å²) in [5, 5.41) is 0.754. The molecule has 0 atom stereocenters. The second-order valence-electron chi connectivity index (χ2n) is 3.74. The van der Waals surface area contributed by atoms with Crippen LogP contribution in [0.5, 0.6) is 0 Å². The highest BCUT2D eigenvalue weighted by atomic mass is 35.5. The van der Waals surface area contributed by atoms with E-state index in [9.17, 15) is 0 Å². The number of rotatable bonds is 3. The molecule has 0 aliphatic rings. The van der Waals surface area contributed by atoms with Crippen molar-refractivity contribution in [1.29, 1.82) is 0 Å². The molecule has 4 heteroatoms. The summed E-state index contributed by atoms with van der Waals surface area (Å²) in [4.78, 5) is 1.06. The molecule has 72 valence electrons. The van der Waals surface area contributed by atoms with Gasteiger partial charge in [0.1, 0.15) is 0 Å². The van der Waals surface area contributed by atoms with E-state index in [4.69, 9.17) is 15.5 Å². The van der Waals surface area contributed by atoms with Crippen molar-refractivity contribution in [3.63, 3.8) is 0 Å². The molecule has 0 radical (unpaired) electrons. The standard InChI is InChI=1S/C9H13ClOSSi/c1-13(2,3)11-12-9-6-4-5-8(10)7-9/h4-7H,1-3H3. The molecule has 1 aromatic carbocycles. The molecule has 1 aromatic rings. The Labute approximate surface area is 89.8 Å². The first-order chi connectivity index (χ1) is 5.97. The highest BCUT2D eigenvalue weighted by Gasteiger charge is 2.15. The molecule has 13 heavy (non-hydrogen) atoms. The quantitative estimate of drug-likeness (QED) is 0.571. The van der Waals surface area contributed by atoms with Gasteiger partial charge >= 0.3 is 0 Å². The van der Waals surface area contributed by atoms with Gasteiger partial charge in [0.15, 0.2) is 0 Å². The van der Waals surface area contributed by atoms with E-state index in [0.29, 0.717) is 0 Å². The van der Waals surface area contributed by atoms with E-state index in [-0.39, 0.29) is 0 Å². The first-order valence-electron chi connectivity index (χ1n) is 4.09. The zero-order chi connectivity index (χ0) is 9.90. The maximum absolute atomic E-state index is 5.84. The fourth-order valence-corrected chi connectivity index (χ4v) is 2.64. The summed E-state index contributed by atoms with van der Waals surface area (Å²) >= 11 is 7.26. The monoisotopic (exact) mass is 232 g/mol. The molecule has 0 spiro atoms. The zero-order valence-corrected chi connectivity index (χ0v) is 10.6. The number of benzene rings is 1. The van der Waals surface area contributed by atoms with Gasteiger partial charge in [-0.25, -0.2) is 0 Å². The summed E-state index contributed by atoms with van der Waals surface area (Å²) in [5.41, 5.74) is 0. The van der Waals surface area contributed by atoms with Gasteiger partial charge in [-0.2, -0.15) is 0 Å². The Kier molecular flexibility index (Phi) is 3.85.